The molecule has 2 rings (SSSR count). The van der Waals surface area contributed by atoms with E-state index in [4.69, 9.17) is 0 Å². The van der Waals surface area contributed by atoms with Crippen molar-refractivity contribution in [1.29, 1.82) is 0 Å². The molecule has 90 valence electrons. The highest BCUT2D eigenvalue weighted by molar-refractivity contribution is 7.99. The third-order valence-corrected chi connectivity index (χ3v) is 2.84. The monoisotopic (exact) mass is 250 g/mol. The van der Waals surface area contributed by atoms with Crippen LogP contribution in [0.4, 0.5) is 5.95 Å². The van der Waals surface area contributed by atoms with Gasteiger partial charge in [-0.2, -0.15) is 0 Å². The molecule has 2 N–H and O–H groups in total. The SMILES string of the molecule is Cc1ccnc(NCCSc2n[nH]c(C)n2)n1. The van der Waals surface area contributed by atoms with Gasteiger partial charge in [-0.15, -0.1) is 5.10 Å². The van der Waals surface area contributed by atoms with Crippen LogP contribution >= 0.6 is 11.8 Å². The van der Waals surface area contributed by atoms with E-state index >= 15 is 0 Å². The summed E-state index contributed by atoms with van der Waals surface area (Å²) in [6.45, 7) is 4.61. The van der Waals surface area contributed by atoms with Gasteiger partial charge in [0.25, 0.3) is 0 Å². The predicted molar refractivity (Wildman–Crippen MR) is 67.1 cm³/mol. The van der Waals surface area contributed by atoms with Gasteiger partial charge in [-0.1, -0.05) is 11.8 Å². The van der Waals surface area contributed by atoms with Crippen LogP contribution in [-0.2, 0) is 0 Å². The summed E-state index contributed by atoms with van der Waals surface area (Å²) in [6, 6.07) is 1.87. The fourth-order valence-corrected chi connectivity index (χ4v) is 1.92. The van der Waals surface area contributed by atoms with Gasteiger partial charge in [0.15, 0.2) is 0 Å². The van der Waals surface area contributed by atoms with Crippen LogP contribution in [0.3, 0.4) is 0 Å². The Balaban J connectivity index is 1.73. The van der Waals surface area contributed by atoms with Crippen molar-refractivity contribution < 1.29 is 0 Å². The van der Waals surface area contributed by atoms with Gasteiger partial charge in [-0.3, -0.25) is 5.10 Å². The molecule has 6 nitrogen and oxygen atoms in total. The highest BCUT2D eigenvalue weighted by atomic mass is 32.2. The molecule has 0 aliphatic heterocycles. The Morgan fingerprint density at radius 2 is 2.24 bits per heavy atom. The number of nitrogens with one attached hydrogen (secondary N) is 2. The van der Waals surface area contributed by atoms with Crippen molar-refractivity contribution in [2.75, 3.05) is 17.6 Å². The Hall–Kier alpha value is -1.63. The van der Waals surface area contributed by atoms with E-state index in [0.717, 1.165) is 29.0 Å². The van der Waals surface area contributed by atoms with E-state index in [9.17, 15) is 0 Å². The average molecular weight is 250 g/mol. The fraction of sp³-hybridized carbons (Fsp3) is 0.400. The molecule has 0 atom stereocenters. The standard InChI is InChI=1S/C10H14N6S/c1-7-3-4-11-9(13-7)12-5-6-17-10-14-8(2)15-16-10/h3-4H,5-6H2,1-2H3,(H,11,12,13)(H,14,15,16). The zero-order valence-corrected chi connectivity index (χ0v) is 10.6. The molecule has 2 aromatic rings. The molecule has 0 fully saturated rings. The number of nitrogens with zero attached hydrogens (tertiary/aromatic N) is 4. The van der Waals surface area contributed by atoms with Crippen LogP contribution in [0.1, 0.15) is 11.5 Å². The summed E-state index contributed by atoms with van der Waals surface area (Å²) in [5.74, 6) is 2.37. The Morgan fingerprint density at radius 3 is 2.94 bits per heavy atom. The molecule has 0 aliphatic rings. The van der Waals surface area contributed by atoms with Crippen molar-refractivity contribution in [3.8, 4) is 0 Å². The largest absolute Gasteiger partial charge is 0.353 e. The lowest BCUT2D eigenvalue weighted by atomic mass is 10.5. The number of hydrogen-bond acceptors (Lipinski definition) is 6. The van der Waals surface area contributed by atoms with E-state index in [1.165, 1.54) is 0 Å². The second-order valence-corrected chi connectivity index (χ2v) is 4.56. The Kier molecular flexibility index (Phi) is 3.92. The van der Waals surface area contributed by atoms with Gasteiger partial charge < -0.3 is 5.32 Å². The van der Waals surface area contributed by atoms with Crippen molar-refractivity contribution >= 4 is 17.7 Å². The predicted octanol–water partition coefficient (Wildman–Crippen LogP) is 1.42. The summed E-state index contributed by atoms with van der Waals surface area (Å²) in [5.41, 5.74) is 0.958. The van der Waals surface area contributed by atoms with Crippen LogP contribution in [0.25, 0.3) is 0 Å². The average Bonchev–Trinajstić information content (AvgIpc) is 2.71. The maximum absolute atomic E-state index is 4.25. The second-order valence-electron chi connectivity index (χ2n) is 3.50. The van der Waals surface area contributed by atoms with Gasteiger partial charge in [-0.05, 0) is 19.9 Å². The summed E-state index contributed by atoms with van der Waals surface area (Å²) < 4.78 is 0. The van der Waals surface area contributed by atoms with Crippen LogP contribution in [0, 0.1) is 13.8 Å². The third kappa shape index (κ3) is 3.70. The summed E-state index contributed by atoms with van der Waals surface area (Å²) in [4.78, 5) is 12.6. The molecule has 0 saturated carbocycles. The van der Waals surface area contributed by atoms with Crippen molar-refractivity contribution in [2.45, 2.75) is 19.0 Å². The molecule has 0 aromatic carbocycles. The van der Waals surface area contributed by atoms with Crippen LogP contribution in [0.5, 0.6) is 0 Å². The molecule has 0 spiro atoms. The first kappa shape index (κ1) is 11.8. The van der Waals surface area contributed by atoms with E-state index in [1.54, 1.807) is 18.0 Å². The third-order valence-electron chi connectivity index (χ3n) is 1.99. The van der Waals surface area contributed by atoms with Gasteiger partial charge in [-0.25, -0.2) is 15.0 Å². The minimum atomic E-state index is 0.664. The lowest BCUT2D eigenvalue weighted by molar-refractivity contribution is 0.967. The topological polar surface area (TPSA) is 79.4 Å². The number of aromatic amines is 1. The smallest absolute Gasteiger partial charge is 0.222 e. The number of hydrogen-bond donors (Lipinski definition) is 2. The van der Waals surface area contributed by atoms with E-state index in [1.807, 2.05) is 19.9 Å². The van der Waals surface area contributed by atoms with Gasteiger partial charge in [0, 0.05) is 24.2 Å². The van der Waals surface area contributed by atoms with Gasteiger partial charge in [0.05, 0.1) is 0 Å². The van der Waals surface area contributed by atoms with E-state index < -0.39 is 0 Å². The number of aromatic nitrogens is 5. The van der Waals surface area contributed by atoms with E-state index in [-0.39, 0.29) is 0 Å². The zero-order valence-electron chi connectivity index (χ0n) is 9.77. The Morgan fingerprint density at radius 1 is 1.35 bits per heavy atom. The molecule has 0 aliphatic carbocycles. The van der Waals surface area contributed by atoms with Crippen LogP contribution < -0.4 is 5.32 Å². The summed E-state index contributed by atoms with van der Waals surface area (Å²) >= 11 is 1.59. The summed E-state index contributed by atoms with van der Waals surface area (Å²) in [5, 5.41) is 10.8. The molecular weight excluding hydrogens is 236 g/mol. The zero-order chi connectivity index (χ0) is 12.1. The minimum Gasteiger partial charge on any atom is -0.353 e. The first-order valence-electron chi connectivity index (χ1n) is 5.29. The van der Waals surface area contributed by atoms with Crippen molar-refractivity contribution in [3.63, 3.8) is 0 Å². The molecule has 0 radical (unpaired) electrons. The lowest BCUT2D eigenvalue weighted by Crippen LogP contribution is -2.07. The molecule has 17 heavy (non-hydrogen) atoms. The van der Waals surface area contributed by atoms with Crippen LogP contribution in [-0.4, -0.2) is 37.4 Å². The van der Waals surface area contributed by atoms with E-state index in [2.05, 4.69) is 30.5 Å². The van der Waals surface area contributed by atoms with E-state index in [0.29, 0.717) is 5.95 Å². The second kappa shape index (κ2) is 5.62. The van der Waals surface area contributed by atoms with Crippen molar-refractivity contribution in [1.82, 2.24) is 25.1 Å². The molecule has 2 heterocycles. The first-order valence-corrected chi connectivity index (χ1v) is 6.28. The normalized spacial score (nSPS) is 10.5. The summed E-state index contributed by atoms with van der Waals surface area (Å²) in [6.07, 6.45) is 1.75. The number of anilines is 1. The minimum absolute atomic E-state index is 0.664. The molecule has 7 heteroatoms. The molecule has 0 bridgehead atoms. The van der Waals surface area contributed by atoms with Crippen molar-refractivity contribution in [2.24, 2.45) is 0 Å². The molecule has 0 amide bonds. The van der Waals surface area contributed by atoms with Gasteiger partial charge in [0.1, 0.15) is 5.82 Å². The quantitative estimate of drug-likeness (QED) is 0.617. The van der Waals surface area contributed by atoms with Crippen molar-refractivity contribution in [3.05, 3.63) is 23.8 Å². The fourth-order valence-electron chi connectivity index (χ4n) is 1.23. The summed E-state index contributed by atoms with van der Waals surface area (Å²) in [7, 11) is 0. The maximum atomic E-state index is 4.25. The molecule has 0 unspecified atom stereocenters. The van der Waals surface area contributed by atoms with Crippen LogP contribution in [0.2, 0.25) is 0 Å². The maximum Gasteiger partial charge on any atom is 0.222 e. The highest BCUT2D eigenvalue weighted by Gasteiger charge is 2.00. The molecular formula is C10H14N6S. The first-order chi connectivity index (χ1) is 8.24. The lowest BCUT2D eigenvalue weighted by Gasteiger charge is -2.03. The Labute approximate surface area is 104 Å². The van der Waals surface area contributed by atoms with Gasteiger partial charge in [0.2, 0.25) is 11.1 Å². The highest BCUT2D eigenvalue weighted by Crippen LogP contribution is 2.11. The number of H-pyrrole nitrogens is 1. The van der Waals surface area contributed by atoms with Gasteiger partial charge >= 0.3 is 0 Å². The Bertz CT molecular complexity index is 483. The molecule has 0 saturated heterocycles. The molecule has 2 aromatic heterocycles. The number of rotatable bonds is 5. The number of thioether (sulfide) groups is 1. The van der Waals surface area contributed by atoms with Crippen LogP contribution in [0.15, 0.2) is 17.4 Å². The number of aryl methyl sites for hydroxylation is 2.